The largest absolute Gasteiger partial charge is 0.467 e. The average Bonchev–Trinajstić information content (AvgIpc) is 2.80. The number of nitrogens with one attached hydrogen (secondary N) is 1. The van der Waals surface area contributed by atoms with Crippen LogP contribution in [0.5, 0.6) is 0 Å². The number of aromatic nitrogens is 2. The molecule has 0 aliphatic rings. The first-order chi connectivity index (χ1) is 8.13. The zero-order valence-electron chi connectivity index (χ0n) is 9.23. The van der Waals surface area contributed by atoms with Crippen molar-refractivity contribution in [3.63, 3.8) is 0 Å². The van der Waals surface area contributed by atoms with E-state index in [4.69, 9.17) is 11.6 Å². The van der Waals surface area contributed by atoms with E-state index in [2.05, 4.69) is 18.8 Å². The SMILES string of the molecule is COC(=O)C(C)Nc1c(Cl)ccc2nsnc12. The Labute approximate surface area is 107 Å². The minimum absolute atomic E-state index is 0.360. The standard InChI is InChI=1S/C10H10ClN3O2S/c1-5(10(15)16-2)12-8-6(11)3-4-7-9(8)14-17-13-7/h3-5,12H,1-2H3. The van der Waals surface area contributed by atoms with E-state index in [-0.39, 0.29) is 5.97 Å². The lowest BCUT2D eigenvalue weighted by Crippen LogP contribution is -2.27. The third-order valence-electron chi connectivity index (χ3n) is 2.29. The van der Waals surface area contributed by atoms with Crippen molar-refractivity contribution in [1.82, 2.24) is 8.75 Å². The monoisotopic (exact) mass is 271 g/mol. The van der Waals surface area contributed by atoms with E-state index in [9.17, 15) is 4.79 Å². The third-order valence-corrected chi connectivity index (χ3v) is 3.15. The molecular formula is C10H10ClN3O2S. The summed E-state index contributed by atoms with van der Waals surface area (Å²) < 4.78 is 12.9. The predicted molar refractivity (Wildman–Crippen MR) is 67.5 cm³/mol. The smallest absolute Gasteiger partial charge is 0.327 e. The maximum Gasteiger partial charge on any atom is 0.327 e. The van der Waals surface area contributed by atoms with Crippen LogP contribution in [0.1, 0.15) is 6.92 Å². The minimum atomic E-state index is -0.496. The molecule has 0 radical (unpaired) electrons. The van der Waals surface area contributed by atoms with Gasteiger partial charge in [0.05, 0.1) is 29.5 Å². The summed E-state index contributed by atoms with van der Waals surface area (Å²) >= 11 is 7.18. The van der Waals surface area contributed by atoms with E-state index < -0.39 is 6.04 Å². The number of halogens is 1. The molecule has 1 aromatic heterocycles. The first-order valence-electron chi connectivity index (χ1n) is 4.88. The Balaban J connectivity index is 2.37. The van der Waals surface area contributed by atoms with E-state index in [1.54, 1.807) is 19.1 Å². The fourth-order valence-electron chi connectivity index (χ4n) is 1.42. The summed E-state index contributed by atoms with van der Waals surface area (Å²) in [6, 6.07) is 3.01. The number of ether oxygens (including phenoxy) is 1. The highest BCUT2D eigenvalue weighted by atomic mass is 35.5. The number of carbonyl (C=O) groups is 1. The molecular weight excluding hydrogens is 262 g/mol. The van der Waals surface area contributed by atoms with Gasteiger partial charge >= 0.3 is 5.97 Å². The van der Waals surface area contributed by atoms with Gasteiger partial charge in [0.2, 0.25) is 0 Å². The number of carbonyl (C=O) groups excluding carboxylic acids is 1. The summed E-state index contributed by atoms with van der Waals surface area (Å²) in [4.78, 5) is 11.3. The Hall–Kier alpha value is -1.40. The lowest BCUT2D eigenvalue weighted by atomic mass is 10.2. The highest BCUT2D eigenvalue weighted by Gasteiger charge is 2.17. The van der Waals surface area contributed by atoms with Crippen LogP contribution in [-0.4, -0.2) is 27.9 Å². The van der Waals surface area contributed by atoms with Crippen LogP contribution < -0.4 is 5.32 Å². The lowest BCUT2D eigenvalue weighted by molar-refractivity contribution is -0.141. The molecule has 0 saturated carbocycles. The van der Waals surface area contributed by atoms with Gasteiger partial charge in [0, 0.05) is 0 Å². The molecule has 1 aromatic carbocycles. The van der Waals surface area contributed by atoms with Gasteiger partial charge in [-0.15, -0.1) is 0 Å². The van der Waals surface area contributed by atoms with E-state index in [0.29, 0.717) is 16.2 Å². The number of hydrogen-bond donors (Lipinski definition) is 1. The molecule has 90 valence electrons. The van der Waals surface area contributed by atoms with Crippen LogP contribution in [0, 0.1) is 0 Å². The summed E-state index contributed by atoms with van der Waals surface area (Å²) in [6.07, 6.45) is 0. The summed E-state index contributed by atoms with van der Waals surface area (Å²) in [7, 11) is 1.34. The van der Waals surface area contributed by atoms with Crippen molar-refractivity contribution in [1.29, 1.82) is 0 Å². The van der Waals surface area contributed by atoms with Gasteiger partial charge in [-0.25, -0.2) is 4.79 Å². The first kappa shape index (κ1) is 12.1. The number of anilines is 1. The predicted octanol–water partition coefficient (Wildman–Crippen LogP) is 2.32. The average molecular weight is 272 g/mol. The van der Waals surface area contributed by atoms with Crippen molar-refractivity contribution >= 4 is 46.0 Å². The summed E-state index contributed by atoms with van der Waals surface area (Å²) in [5.74, 6) is -0.360. The van der Waals surface area contributed by atoms with Crippen molar-refractivity contribution in [2.24, 2.45) is 0 Å². The molecule has 7 heteroatoms. The highest BCUT2D eigenvalue weighted by Crippen LogP contribution is 2.30. The van der Waals surface area contributed by atoms with Gasteiger partial charge in [0.1, 0.15) is 17.1 Å². The maximum atomic E-state index is 11.3. The van der Waals surface area contributed by atoms with Gasteiger partial charge in [-0.3, -0.25) is 0 Å². The van der Waals surface area contributed by atoms with Crippen molar-refractivity contribution < 1.29 is 9.53 Å². The number of methoxy groups -OCH3 is 1. The van der Waals surface area contributed by atoms with E-state index >= 15 is 0 Å². The number of nitrogens with zero attached hydrogens (tertiary/aromatic N) is 2. The van der Waals surface area contributed by atoms with Gasteiger partial charge in [-0.05, 0) is 19.1 Å². The van der Waals surface area contributed by atoms with Gasteiger partial charge in [-0.1, -0.05) is 11.6 Å². The molecule has 1 unspecified atom stereocenters. The molecule has 1 N–H and O–H groups in total. The van der Waals surface area contributed by atoms with Crippen LogP contribution in [0.25, 0.3) is 11.0 Å². The number of benzene rings is 1. The van der Waals surface area contributed by atoms with Crippen LogP contribution in [0.3, 0.4) is 0 Å². The van der Waals surface area contributed by atoms with Crippen LogP contribution in [0.2, 0.25) is 5.02 Å². The number of hydrogen-bond acceptors (Lipinski definition) is 6. The summed E-state index contributed by atoms with van der Waals surface area (Å²) in [6.45, 7) is 1.70. The summed E-state index contributed by atoms with van der Waals surface area (Å²) in [5, 5.41) is 3.49. The molecule has 0 spiro atoms. The highest BCUT2D eigenvalue weighted by molar-refractivity contribution is 7.00. The topological polar surface area (TPSA) is 64.1 Å². The molecule has 1 atom stereocenters. The maximum absolute atomic E-state index is 11.3. The van der Waals surface area contributed by atoms with Crippen molar-refractivity contribution in [2.75, 3.05) is 12.4 Å². The normalized spacial score (nSPS) is 12.4. The Morgan fingerprint density at radius 3 is 3.00 bits per heavy atom. The van der Waals surface area contributed by atoms with Crippen molar-refractivity contribution in [3.05, 3.63) is 17.2 Å². The Bertz CT molecular complexity index is 557. The fourth-order valence-corrected chi connectivity index (χ4v) is 2.17. The lowest BCUT2D eigenvalue weighted by Gasteiger charge is -2.14. The number of fused-ring (bicyclic) bond motifs is 1. The fraction of sp³-hybridized carbons (Fsp3) is 0.300. The molecule has 0 saturated heterocycles. The molecule has 0 aliphatic carbocycles. The first-order valence-corrected chi connectivity index (χ1v) is 5.99. The van der Waals surface area contributed by atoms with Crippen molar-refractivity contribution in [2.45, 2.75) is 13.0 Å². The van der Waals surface area contributed by atoms with Crippen LogP contribution in [0.4, 0.5) is 5.69 Å². The molecule has 1 heterocycles. The molecule has 2 rings (SSSR count). The molecule has 0 fully saturated rings. The van der Waals surface area contributed by atoms with Gasteiger partial charge in [0.25, 0.3) is 0 Å². The van der Waals surface area contributed by atoms with Crippen LogP contribution >= 0.6 is 23.3 Å². The minimum Gasteiger partial charge on any atom is -0.467 e. The molecule has 2 aromatic rings. The Morgan fingerprint density at radius 1 is 1.53 bits per heavy atom. The van der Waals surface area contributed by atoms with Gasteiger partial charge < -0.3 is 10.1 Å². The second-order valence-corrected chi connectivity index (χ2v) is 4.38. The zero-order chi connectivity index (χ0) is 12.4. The van der Waals surface area contributed by atoms with Gasteiger partial charge in [0.15, 0.2) is 0 Å². The van der Waals surface area contributed by atoms with Crippen LogP contribution in [-0.2, 0) is 9.53 Å². The van der Waals surface area contributed by atoms with E-state index in [1.807, 2.05) is 0 Å². The van der Waals surface area contributed by atoms with Crippen molar-refractivity contribution in [3.8, 4) is 0 Å². The number of rotatable bonds is 3. The van der Waals surface area contributed by atoms with E-state index in [0.717, 1.165) is 17.2 Å². The molecule has 0 aliphatic heterocycles. The molecule has 5 nitrogen and oxygen atoms in total. The second kappa shape index (κ2) is 4.85. The number of esters is 1. The quantitative estimate of drug-likeness (QED) is 0.868. The van der Waals surface area contributed by atoms with Gasteiger partial charge in [-0.2, -0.15) is 8.75 Å². The molecule has 17 heavy (non-hydrogen) atoms. The zero-order valence-corrected chi connectivity index (χ0v) is 10.8. The molecule has 0 amide bonds. The second-order valence-electron chi connectivity index (χ2n) is 3.44. The Kier molecular flexibility index (Phi) is 3.44. The third kappa shape index (κ3) is 2.32. The summed E-state index contributed by atoms with van der Waals surface area (Å²) in [5.41, 5.74) is 2.02. The molecule has 0 bridgehead atoms. The van der Waals surface area contributed by atoms with Crippen LogP contribution in [0.15, 0.2) is 12.1 Å². The van der Waals surface area contributed by atoms with E-state index in [1.165, 1.54) is 7.11 Å². The Morgan fingerprint density at radius 2 is 2.29 bits per heavy atom.